The van der Waals surface area contributed by atoms with Crippen molar-refractivity contribution in [2.45, 2.75) is 24.3 Å². The van der Waals surface area contributed by atoms with Gasteiger partial charge in [-0.15, -0.1) is 24.8 Å². The highest BCUT2D eigenvalue weighted by Crippen LogP contribution is 2.11. The van der Waals surface area contributed by atoms with Gasteiger partial charge >= 0.3 is 12.2 Å². The third-order valence-electron chi connectivity index (χ3n) is 3.44. The van der Waals surface area contributed by atoms with Crippen LogP contribution in [-0.4, -0.2) is 62.7 Å². The van der Waals surface area contributed by atoms with Gasteiger partial charge in [-0.3, -0.25) is 0 Å². The minimum absolute atomic E-state index is 0. The minimum Gasteiger partial charge on any atom is -0.443 e. The second-order valence-electron chi connectivity index (χ2n) is 4.71. The summed E-state index contributed by atoms with van der Waals surface area (Å²) in [6.07, 6.45) is -0.381. The molecular formula is C10H18Cl2N4O4. The molecule has 4 fully saturated rings. The summed E-state index contributed by atoms with van der Waals surface area (Å²) in [5, 5.41) is 11.6. The zero-order chi connectivity index (χ0) is 12.5. The van der Waals surface area contributed by atoms with Gasteiger partial charge in [0.25, 0.3) is 0 Å². The van der Waals surface area contributed by atoms with Gasteiger partial charge in [-0.1, -0.05) is 0 Å². The number of hydrogen-bond acceptors (Lipinski definition) is 6. The molecule has 0 aromatic heterocycles. The smallest absolute Gasteiger partial charge is 0.407 e. The molecule has 0 spiro atoms. The van der Waals surface area contributed by atoms with Crippen LogP contribution in [-0.2, 0) is 9.47 Å². The molecule has 0 unspecified atom stereocenters. The maximum atomic E-state index is 10.5. The van der Waals surface area contributed by atoms with Crippen molar-refractivity contribution < 1.29 is 19.1 Å². The maximum absolute atomic E-state index is 10.5. The summed E-state index contributed by atoms with van der Waals surface area (Å²) in [5.41, 5.74) is 0. The molecule has 0 bridgehead atoms. The Kier molecular flexibility index (Phi) is 6.12. The van der Waals surface area contributed by atoms with E-state index in [-0.39, 0.29) is 61.3 Å². The van der Waals surface area contributed by atoms with Crippen LogP contribution in [0.3, 0.4) is 0 Å². The van der Waals surface area contributed by atoms with E-state index in [1.807, 2.05) is 0 Å². The van der Waals surface area contributed by atoms with E-state index in [0.29, 0.717) is 0 Å². The van der Waals surface area contributed by atoms with Gasteiger partial charge in [0.1, 0.15) is 12.2 Å². The number of amides is 2. The number of hydrogen-bond donors (Lipinski definition) is 4. The summed E-state index contributed by atoms with van der Waals surface area (Å²) in [5.74, 6) is 0. The molecule has 4 atom stereocenters. The van der Waals surface area contributed by atoms with Crippen molar-refractivity contribution in [2.75, 3.05) is 26.2 Å². The maximum Gasteiger partial charge on any atom is 0.407 e. The van der Waals surface area contributed by atoms with Crippen molar-refractivity contribution in [2.24, 2.45) is 0 Å². The Balaban J connectivity index is 0.000000182. The van der Waals surface area contributed by atoms with Crippen LogP contribution in [0.25, 0.3) is 0 Å². The van der Waals surface area contributed by atoms with Crippen LogP contribution in [0.4, 0.5) is 9.59 Å². The first-order valence-corrected chi connectivity index (χ1v) is 6.08. The highest BCUT2D eigenvalue weighted by atomic mass is 35.5. The lowest BCUT2D eigenvalue weighted by molar-refractivity contribution is 0.142. The van der Waals surface area contributed by atoms with Gasteiger partial charge in [-0.05, 0) is 0 Å². The molecule has 4 rings (SSSR count). The van der Waals surface area contributed by atoms with Crippen molar-refractivity contribution in [3.8, 4) is 0 Å². The van der Waals surface area contributed by atoms with Gasteiger partial charge in [0.2, 0.25) is 0 Å². The quantitative estimate of drug-likeness (QED) is 0.454. The SMILES string of the molecule is Cl.Cl.O=C1N[C@@H]2CNC[C@@H]2O1.O=C1N[C@H]2CNC[C@H]2O1. The Morgan fingerprint density at radius 1 is 0.750 bits per heavy atom. The average Bonchev–Trinajstić information content (AvgIpc) is 2.97. The predicted molar refractivity (Wildman–Crippen MR) is 74.6 cm³/mol. The topological polar surface area (TPSA) is 101 Å². The lowest BCUT2D eigenvalue weighted by Crippen LogP contribution is -2.31. The van der Waals surface area contributed by atoms with Crippen LogP contribution < -0.4 is 21.3 Å². The second kappa shape index (κ2) is 7.16. The molecule has 10 heteroatoms. The van der Waals surface area contributed by atoms with E-state index in [2.05, 4.69) is 21.3 Å². The van der Waals surface area contributed by atoms with E-state index in [0.717, 1.165) is 26.2 Å². The highest BCUT2D eigenvalue weighted by molar-refractivity contribution is 5.85. The Labute approximate surface area is 128 Å². The number of nitrogens with one attached hydrogen (secondary N) is 4. The summed E-state index contributed by atoms with van der Waals surface area (Å²) in [6, 6.07) is 0.440. The van der Waals surface area contributed by atoms with Crippen LogP contribution in [0.1, 0.15) is 0 Å². The zero-order valence-electron chi connectivity index (χ0n) is 10.6. The molecule has 4 heterocycles. The van der Waals surface area contributed by atoms with Crippen LogP contribution in [0.2, 0.25) is 0 Å². The minimum atomic E-state index is -0.272. The Morgan fingerprint density at radius 3 is 1.50 bits per heavy atom. The molecule has 0 saturated carbocycles. The van der Waals surface area contributed by atoms with Gasteiger partial charge in [-0.2, -0.15) is 0 Å². The number of carbonyl (C=O) groups is 2. The van der Waals surface area contributed by atoms with Crippen molar-refractivity contribution in [1.29, 1.82) is 0 Å². The first-order chi connectivity index (χ1) is 8.72. The molecule has 4 aliphatic rings. The van der Waals surface area contributed by atoms with E-state index in [1.54, 1.807) is 0 Å². The fourth-order valence-corrected chi connectivity index (χ4v) is 2.49. The molecule has 20 heavy (non-hydrogen) atoms. The van der Waals surface area contributed by atoms with Crippen LogP contribution in [0.5, 0.6) is 0 Å². The molecule has 4 aliphatic heterocycles. The Hall–Kier alpha value is -0.960. The molecule has 4 N–H and O–H groups in total. The van der Waals surface area contributed by atoms with E-state index in [4.69, 9.17) is 9.47 Å². The summed E-state index contributed by atoms with van der Waals surface area (Å²) >= 11 is 0. The summed E-state index contributed by atoms with van der Waals surface area (Å²) in [6.45, 7) is 3.28. The number of fused-ring (bicyclic) bond motifs is 2. The number of ether oxygens (including phenoxy) is 2. The number of rotatable bonds is 0. The van der Waals surface area contributed by atoms with E-state index < -0.39 is 0 Å². The van der Waals surface area contributed by atoms with Crippen molar-refractivity contribution in [1.82, 2.24) is 21.3 Å². The molecular weight excluding hydrogens is 311 g/mol. The molecule has 2 amide bonds. The molecule has 0 radical (unpaired) electrons. The molecule has 116 valence electrons. The summed E-state index contributed by atoms with van der Waals surface area (Å²) in [7, 11) is 0. The Morgan fingerprint density at radius 2 is 1.15 bits per heavy atom. The van der Waals surface area contributed by atoms with Gasteiger partial charge in [0, 0.05) is 26.2 Å². The monoisotopic (exact) mass is 328 g/mol. The highest BCUT2D eigenvalue weighted by Gasteiger charge is 2.38. The standard InChI is InChI=1S/2C5H8N2O2.2ClH/c2*8-5-7-3-1-6-2-4(3)9-5;;/h2*3-4,6H,1-2H2,(H,7,8);2*1H/t2*3-,4+;;/m10../s1. The van der Waals surface area contributed by atoms with Crippen LogP contribution >= 0.6 is 24.8 Å². The number of carbonyl (C=O) groups excluding carboxylic acids is 2. The number of alkyl carbamates (subject to hydrolysis) is 2. The average molecular weight is 329 g/mol. The van der Waals surface area contributed by atoms with Crippen LogP contribution in [0.15, 0.2) is 0 Å². The van der Waals surface area contributed by atoms with Crippen molar-refractivity contribution in [3.63, 3.8) is 0 Å². The van der Waals surface area contributed by atoms with Crippen LogP contribution in [0, 0.1) is 0 Å². The fraction of sp³-hybridized carbons (Fsp3) is 0.800. The number of halogens is 2. The van der Waals surface area contributed by atoms with E-state index in [1.165, 1.54) is 0 Å². The molecule has 0 aliphatic carbocycles. The first-order valence-electron chi connectivity index (χ1n) is 6.08. The van der Waals surface area contributed by atoms with E-state index in [9.17, 15) is 9.59 Å². The molecule has 8 nitrogen and oxygen atoms in total. The first kappa shape index (κ1) is 17.1. The predicted octanol–water partition coefficient (Wildman–Crippen LogP) is -1.02. The third kappa shape index (κ3) is 3.57. The largest absolute Gasteiger partial charge is 0.443 e. The third-order valence-corrected chi connectivity index (χ3v) is 3.44. The van der Waals surface area contributed by atoms with Gasteiger partial charge < -0.3 is 30.7 Å². The second-order valence-corrected chi connectivity index (χ2v) is 4.71. The lowest BCUT2D eigenvalue weighted by Gasteiger charge is -2.00. The van der Waals surface area contributed by atoms with Crippen molar-refractivity contribution >= 4 is 37.0 Å². The summed E-state index contributed by atoms with van der Waals surface area (Å²) in [4.78, 5) is 21.0. The zero-order valence-corrected chi connectivity index (χ0v) is 12.2. The van der Waals surface area contributed by atoms with Gasteiger partial charge in [0.05, 0.1) is 12.1 Å². The van der Waals surface area contributed by atoms with Gasteiger partial charge in [-0.25, -0.2) is 9.59 Å². The fourth-order valence-electron chi connectivity index (χ4n) is 2.49. The van der Waals surface area contributed by atoms with Gasteiger partial charge in [0.15, 0.2) is 0 Å². The van der Waals surface area contributed by atoms with Crippen molar-refractivity contribution in [3.05, 3.63) is 0 Å². The normalized spacial score (nSPS) is 35.8. The molecule has 4 saturated heterocycles. The molecule has 0 aromatic rings. The van der Waals surface area contributed by atoms with E-state index >= 15 is 0 Å². The Bertz CT molecular complexity index is 311. The molecule has 0 aromatic carbocycles. The summed E-state index contributed by atoms with van der Waals surface area (Å²) < 4.78 is 9.75. The lowest BCUT2D eigenvalue weighted by atomic mass is 10.2.